The summed E-state index contributed by atoms with van der Waals surface area (Å²) in [5, 5.41) is 9.38. The number of esters is 1. The van der Waals surface area contributed by atoms with Gasteiger partial charge in [-0.15, -0.1) is 0 Å². The van der Waals surface area contributed by atoms with Gasteiger partial charge in [-0.1, -0.05) is 0 Å². The van der Waals surface area contributed by atoms with Crippen LogP contribution in [0.1, 0.15) is 20.7 Å². The monoisotopic (exact) mass is 486 g/mol. The number of nitrogen functional groups attached to an aromatic ring is 2. The van der Waals surface area contributed by atoms with Crippen molar-refractivity contribution in [2.24, 2.45) is 0 Å². The van der Waals surface area contributed by atoms with Crippen molar-refractivity contribution < 1.29 is 33.6 Å². The summed E-state index contributed by atoms with van der Waals surface area (Å²) < 4.78 is 22.6. The van der Waals surface area contributed by atoms with Crippen LogP contribution in [-0.2, 0) is 4.74 Å². The Hall–Kier alpha value is -5.18. The Balaban J connectivity index is 1.69. The molecule has 0 saturated heterocycles. The lowest BCUT2D eigenvalue weighted by molar-refractivity contribution is 0.0582. The maximum atomic E-state index is 12.1. The van der Waals surface area contributed by atoms with Gasteiger partial charge in [0.1, 0.15) is 34.5 Å². The number of carbonyl (C=O) groups is 2. The number of methoxy groups -OCH3 is 1. The predicted octanol–water partition coefficient (Wildman–Crippen LogP) is 5.71. The molecule has 9 nitrogen and oxygen atoms in total. The van der Waals surface area contributed by atoms with Crippen LogP contribution in [0, 0.1) is 0 Å². The molecule has 0 unspecified atom stereocenters. The van der Waals surface area contributed by atoms with Gasteiger partial charge < -0.3 is 35.5 Å². The van der Waals surface area contributed by atoms with Crippen LogP contribution in [0.4, 0.5) is 11.4 Å². The van der Waals surface area contributed by atoms with E-state index in [2.05, 4.69) is 0 Å². The molecule has 0 saturated carbocycles. The zero-order chi connectivity index (χ0) is 25.7. The van der Waals surface area contributed by atoms with Gasteiger partial charge in [0.05, 0.1) is 18.2 Å². The van der Waals surface area contributed by atoms with E-state index in [9.17, 15) is 14.7 Å². The van der Waals surface area contributed by atoms with Crippen molar-refractivity contribution in [3.63, 3.8) is 0 Å². The molecule has 0 spiro atoms. The number of nitrogens with two attached hydrogens (primary N) is 2. The minimum Gasteiger partial charge on any atom is -0.478 e. The average Bonchev–Trinajstić information content (AvgIpc) is 2.86. The standard InChI is InChI=1S/C27H22N2O7/c1-33-27(32)25-15-20(10-11-24(25)26(30)31)36-23-13-21(34-18-6-2-16(28)3-7-18)12-22(14-23)35-19-8-4-17(29)5-9-19/h2-15H,28-29H2,1H3,(H,30,31). The molecule has 4 aromatic carbocycles. The maximum Gasteiger partial charge on any atom is 0.338 e. The van der Waals surface area contributed by atoms with Crippen LogP contribution < -0.4 is 25.7 Å². The second-order valence-corrected chi connectivity index (χ2v) is 7.59. The van der Waals surface area contributed by atoms with E-state index in [1.54, 1.807) is 66.7 Å². The SMILES string of the molecule is COC(=O)c1cc(Oc2cc(Oc3ccc(N)cc3)cc(Oc3ccc(N)cc3)c2)ccc1C(=O)O. The summed E-state index contributed by atoms with van der Waals surface area (Å²) in [4.78, 5) is 23.6. The Kier molecular flexibility index (Phi) is 6.92. The van der Waals surface area contributed by atoms with Gasteiger partial charge in [-0.25, -0.2) is 9.59 Å². The number of hydrogen-bond donors (Lipinski definition) is 3. The van der Waals surface area contributed by atoms with Crippen molar-refractivity contribution in [3.05, 3.63) is 96.1 Å². The Morgan fingerprint density at radius 3 is 1.42 bits per heavy atom. The molecule has 0 heterocycles. The number of carboxylic acids is 1. The van der Waals surface area contributed by atoms with Crippen LogP contribution in [0.5, 0.6) is 34.5 Å². The summed E-state index contributed by atoms with van der Waals surface area (Å²) >= 11 is 0. The van der Waals surface area contributed by atoms with Crippen molar-refractivity contribution in [2.45, 2.75) is 0 Å². The van der Waals surface area contributed by atoms with Crippen molar-refractivity contribution in [3.8, 4) is 34.5 Å². The van der Waals surface area contributed by atoms with E-state index in [4.69, 9.17) is 30.4 Å². The maximum absolute atomic E-state index is 12.1. The van der Waals surface area contributed by atoms with Crippen molar-refractivity contribution >= 4 is 23.3 Å². The van der Waals surface area contributed by atoms with Gasteiger partial charge in [0.15, 0.2) is 0 Å². The highest BCUT2D eigenvalue weighted by Crippen LogP contribution is 2.36. The molecule has 0 amide bonds. The Labute approximate surface area is 206 Å². The van der Waals surface area contributed by atoms with Crippen LogP contribution in [-0.4, -0.2) is 24.2 Å². The summed E-state index contributed by atoms with van der Waals surface area (Å²) in [6.45, 7) is 0. The first-order chi connectivity index (χ1) is 17.3. The van der Waals surface area contributed by atoms with Crippen molar-refractivity contribution in [1.29, 1.82) is 0 Å². The second-order valence-electron chi connectivity index (χ2n) is 7.59. The Morgan fingerprint density at radius 2 is 1.00 bits per heavy atom. The lowest BCUT2D eigenvalue weighted by atomic mass is 10.1. The van der Waals surface area contributed by atoms with Gasteiger partial charge in [-0.3, -0.25) is 0 Å². The molecule has 0 fully saturated rings. The molecule has 0 atom stereocenters. The van der Waals surface area contributed by atoms with Crippen LogP contribution in [0.25, 0.3) is 0 Å². The second kappa shape index (κ2) is 10.4. The fraction of sp³-hybridized carbons (Fsp3) is 0.0370. The fourth-order valence-corrected chi connectivity index (χ4v) is 3.25. The molecule has 0 aliphatic carbocycles. The molecule has 0 aliphatic rings. The number of aromatic carboxylic acids is 1. The summed E-state index contributed by atoms with van der Waals surface area (Å²) in [6, 6.07) is 22.6. The van der Waals surface area contributed by atoms with E-state index in [-0.39, 0.29) is 16.9 Å². The lowest BCUT2D eigenvalue weighted by Crippen LogP contribution is -2.10. The largest absolute Gasteiger partial charge is 0.478 e. The van der Waals surface area contributed by atoms with Gasteiger partial charge in [0.2, 0.25) is 0 Å². The molecule has 182 valence electrons. The van der Waals surface area contributed by atoms with Crippen LogP contribution in [0.3, 0.4) is 0 Å². The van der Waals surface area contributed by atoms with E-state index >= 15 is 0 Å². The van der Waals surface area contributed by atoms with Gasteiger partial charge in [-0.05, 0) is 66.7 Å². The Morgan fingerprint density at radius 1 is 0.583 bits per heavy atom. The first-order valence-electron chi connectivity index (χ1n) is 10.7. The summed E-state index contributed by atoms with van der Waals surface area (Å²) in [5.74, 6) is 0.342. The van der Waals surface area contributed by atoms with Crippen LogP contribution >= 0.6 is 0 Å². The minimum absolute atomic E-state index is 0.143. The minimum atomic E-state index is -1.26. The highest BCUT2D eigenvalue weighted by molar-refractivity contribution is 6.02. The van der Waals surface area contributed by atoms with Gasteiger partial charge in [0, 0.05) is 29.6 Å². The molecular formula is C27H22N2O7. The summed E-state index contributed by atoms with van der Waals surface area (Å²) in [5.41, 5.74) is 12.3. The zero-order valence-electron chi connectivity index (χ0n) is 19.1. The molecule has 0 aliphatic heterocycles. The van der Waals surface area contributed by atoms with E-state index in [0.717, 1.165) is 0 Å². The number of ether oxygens (including phenoxy) is 4. The highest BCUT2D eigenvalue weighted by Gasteiger charge is 2.19. The molecule has 5 N–H and O–H groups in total. The van der Waals surface area contributed by atoms with Gasteiger partial charge >= 0.3 is 11.9 Å². The molecule has 0 radical (unpaired) electrons. The van der Waals surface area contributed by atoms with Gasteiger partial charge in [-0.2, -0.15) is 0 Å². The molecule has 9 heteroatoms. The first kappa shape index (κ1) is 24.0. The zero-order valence-corrected chi connectivity index (χ0v) is 19.1. The first-order valence-corrected chi connectivity index (χ1v) is 10.7. The van der Waals surface area contributed by atoms with E-state index in [1.807, 2.05) is 0 Å². The summed E-state index contributed by atoms with van der Waals surface area (Å²) in [7, 11) is 1.17. The van der Waals surface area contributed by atoms with Crippen LogP contribution in [0.15, 0.2) is 84.9 Å². The highest BCUT2D eigenvalue weighted by atomic mass is 16.5. The number of benzene rings is 4. The average molecular weight is 486 g/mol. The lowest BCUT2D eigenvalue weighted by Gasteiger charge is -2.14. The number of hydrogen-bond acceptors (Lipinski definition) is 8. The topological polar surface area (TPSA) is 143 Å². The Bertz CT molecular complexity index is 1340. The molecule has 4 rings (SSSR count). The number of carboxylic acid groups (broad SMARTS) is 1. The van der Waals surface area contributed by atoms with E-state index in [0.29, 0.717) is 40.1 Å². The predicted molar refractivity (Wildman–Crippen MR) is 133 cm³/mol. The smallest absolute Gasteiger partial charge is 0.338 e. The third-order valence-corrected chi connectivity index (χ3v) is 4.95. The van der Waals surface area contributed by atoms with E-state index < -0.39 is 11.9 Å². The normalized spacial score (nSPS) is 10.4. The third kappa shape index (κ3) is 5.84. The van der Waals surface area contributed by atoms with Crippen molar-refractivity contribution in [1.82, 2.24) is 0 Å². The molecular weight excluding hydrogens is 464 g/mol. The van der Waals surface area contributed by atoms with Gasteiger partial charge in [0.25, 0.3) is 0 Å². The third-order valence-electron chi connectivity index (χ3n) is 4.95. The molecule has 0 aromatic heterocycles. The number of anilines is 2. The summed E-state index contributed by atoms with van der Waals surface area (Å²) in [6.07, 6.45) is 0. The molecule has 4 aromatic rings. The number of carbonyl (C=O) groups excluding carboxylic acids is 1. The fourth-order valence-electron chi connectivity index (χ4n) is 3.25. The number of rotatable bonds is 8. The van der Waals surface area contributed by atoms with E-state index in [1.165, 1.54) is 25.3 Å². The molecule has 36 heavy (non-hydrogen) atoms. The molecule has 0 bridgehead atoms. The van der Waals surface area contributed by atoms with Crippen molar-refractivity contribution in [2.75, 3.05) is 18.6 Å². The van der Waals surface area contributed by atoms with Crippen LogP contribution in [0.2, 0.25) is 0 Å². The quantitative estimate of drug-likeness (QED) is 0.211.